The second kappa shape index (κ2) is 9.55. The molecule has 0 N–H and O–H groups in total. The van der Waals surface area contributed by atoms with Gasteiger partial charge in [0, 0.05) is 22.0 Å². The van der Waals surface area contributed by atoms with E-state index in [2.05, 4.69) is 42.7 Å². The molecule has 2 aromatic carbocycles. The van der Waals surface area contributed by atoms with E-state index >= 15 is 0 Å². The first kappa shape index (κ1) is 20.8. The largest absolute Gasteiger partial charge is 0.309 e. The molecule has 1 radical (unpaired) electrons. The summed E-state index contributed by atoms with van der Waals surface area (Å²) in [5, 5.41) is 7.23. The van der Waals surface area contributed by atoms with Gasteiger partial charge in [0.25, 0.3) is 0 Å². The number of nitrogens with zero attached hydrogens (tertiary/aromatic N) is 3. The monoisotopic (exact) mass is 416 g/mol. The number of benzene rings is 2. The molecular weight excluding hydrogens is 393 g/mol. The molecule has 0 saturated heterocycles. The molecule has 6 heteroatoms. The Morgan fingerprint density at radius 2 is 2.04 bits per heavy atom. The minimum Gasteiger partial charge on any atom is -0.309 e. The average molecular weight is 417 g/mol. The van der Waals surface area contributed by atoms with Crippen molar-refractivity contribution in [3.8, 4) is 0 Å². The second-order valence-corrected chi connectivity index (χ2v) is 8.00. The van der Waals surface area contributed by atoms with Crippen LogP contribution in [-0.2, 0) is 11.2 Å². The minimum atomic E-state index is -0.0152. The zero-order valence-corrected chi connectivity index (χ0v) is 17.7. The molecule has 0 unspecified atom stereocenters. The topological polar surface area (TPSA) is 35.9 Å². The average Bonchev–Trinajstić information content (AvgIpc) is 3.14. The maximum absolute atomic E-state index is 12.7. The van der Waals surface area contributed by atoms with E-state index in [0.29, 0.717) is 29.4 Å². The Morgan fingerprint density at radius 3 is 2.82 bits per heavy atom. The van der Waals surface area contributed by atoms with Gasteiger partial charge < -0.3 is 4.90 Å². The third-order valence-electron chi connectivity index (χ3n) is 4.59. The van der Waals surface area contributed by atoms with Gasteiger partial charge in [-0.25, -0.2) is 5.01 Å². The summed E-state index contributed by atoms with van der Waals surface area (Å²) >= 11 is 12.3. The van der Waals surface area contributed by atoms with E-state index < -0.39 is 0 Å². The molecule has 0 spiro atoms. The molecule has 0 saturated carbocycles. The van der Waals surface area contributed by atoms with Crippen LogP contribution in [-0.4, -0.2) is 48.7 Å². The van der Waals surface area contributed by atoms with E-state index in [-0.39, 0.29) is 5.91 Å². The highest BCUT2D eigenvalue weighted by atomic mass is 35.5. The van der Waals surface area contributed by atoms with Gasteiger partial charge in [-0.15, -0.1) is 0 Å². The second-order valence-electron chi connectivity index (χ2n) is 7.16. The van der Waals surface area contributed by atoms with E-state index in [9.17, 15) is 4.79 Å². The van der Waals surface area contributed by atoms with Crippen molar-refractivity contribution < 1.29 is 4.79 Å². The Bertz CT molecular complexity index is 880. The third kappa shape index (κ3) is 5.57. The van der Waals surface area contributed by atoms with Crippen molar-refractivity contribution in [2.24, 2.45) is 5.10 Å². The van der Waals surface area contributed by atoms with Crippen LogP contribution in [0.1, 0.15) is 29.5 Å². The number of rotatable bonds is 7. The van der Waals surface area contributed by atoms with Crippen molar-refractivity contribution in [3.63, 3.8) is 0 Å². The first-order valence-electron chi connectivity index (χ1n) is 9.32. The standard InChI is InChI=1S/C22H24Cl2N3O/c1-26(2)11-4-7-16-5-3-6-17(13-16)14-22(28)27-12-10-21(25-27)19-15-18(23)8-9-20(19)24/h3,5-9,13,15H,4,10-12,14H2,1-2H3. The number of halogens is 2. The zero-order chi connectivity index (χ0) is 20.1. The highest BCUT2D eigenvalue weighted by molar-refractivity contribution is 6.36. The van der Waals surface area contributed by atoms with Crippen molar-refractivity contribution >= 4 is 34.8 Å². The number of carbonyl (C=O) groups excluding carboxylic acids is 1. The lowest BCUT2D eigenvalue weighted by atomic mass is 10.0. The van der Waals surface area contributed by atoms with Crippen LogP contribution in [0.3, 0.4) is 0 Å². The number of amides is 1. The zero-order valence-electron chi connectivity index (χ0n) is 16.2. The van der Waals surface area contributed by atoms with Crippen LogP contribution in [0, 0.1) is 6.42 Å². The predicted molar refractivity (Wildman–Crippen MR) is 116 cm³/mol. The fourth-order valence-corrected chi connectivity index (χ4v) is 3.53. The Labute approximate surface area is 176 Å². The van der Waals surface area contributed by atoms with Gasteiger partial charge in [-0.1, -0.05) is 47.5 Å². The number of hydrogen-bond donors (Lipinski definition) is 0. The van der Waals surface area contributed by atoms with Crippen LogP contribution in [0.15, 0.2) is 47.6 Å². The molecule has 0 aromatic heterocycles. The SMILES string of the molecule is CN(C)CC[CH]c1cccc(CC(=O)N2CCC(c3cc(Cl)ccc3Cl)=N2)c1. The number of hydrogen-bond acceptors (Lipinski definition) is 3. The highest BCUT2D eigenvalue weighted by Crippen LogP contribution is 2.25. The molecule has 0 aliphatic carbocycles. The molecular formula is C22H24Cl2N3O. The smallest absolute Gasteiger partial charge is 0.247 e. The first-order valence-corrected chi connectivity index (χ1v) is 10.1. The van der Waals surface area contributed by atoms with E-state index in [1.807, 2.05) is 12.1 Å². The van der Waals surface area contributed by atoms with Gasteiger partial charge in [-0.05, 0) is 62.8 Å². The molecule has 1 heterocycles. The lowest BCUT2D eigenvalue weighted by Gasteiger charge is -2.12. The normalized spacial score (nSPS) is 13.9. The molecule has 0 atom stereocenters. The van der Waals surface area contributed by atoms with Gasteiger partial charge in [-0.2, -0.15) is 5.10 Å². The Kier molecular flexibility index (Phi) is 7.11. The van der Waals surface area contributed by atoms with E-state index in [1.54, 1.807) is 18.2 Å². The van der Waals surface area contributed by atoms with Crippen molar-refractivity contribution in [2.45, 2.75) is 19.3 Å². The van der Waals surface area contributed by atoms with Crippen LogP contribution in [0.4, 0.5) is 0 Å². The van der Waals surface area contributed by atoms with Crippen LogP contribution < -0.4 is 0 Å². The van der Waals surface area contributed by atoms with Gasteiger partial charge in [0.05, 0.1) is 18.7 Å². The quantitative estimate of drug-likeness (QED) is 0.656. The van der Waals surface area contributed by atoms with Crippen molar-refractivity contribution in [2.75, 3.05) is 27.2 Å². The van der Waals surface area contributed by atoms with Crippen LogP contribution in [0.5, 0.6) is 0 Å². The van der Waals surface area contributed by atoms with E-state index in [0.717, 1.165) is 35.4 Å². The molecule has 1 amide bonds. The summed E-state index contributed by atoms with van der Waals surface area (Å²) in [6.07, 6.45) is 4.17. The molecule has 4 nitrogen and oxygen atoms in total. The molecule has 28 heavy (non-hydrogen) atoms. The van der Waals surface area contributed by atoms with E-state index in [1.165, 1.54) is 5.01 Å². The Balaban J connectivity index is 1.64. The van der Waals surface area contributed by atoms with Gasteiger partial charge in [-0.3, -0.25) is 4.79 Å². The molecule has 0 bridgehead atoms. The van der Waals surface area contributed by atoms with Crippen molar-refractivity contribution in [3.05, 3.63) is 75.6 Å². The van der Waals surface area contributed by atoms with Crippen LogP contribution in [0.25, 0.3) is 0 Å². The summed E-state index contributed by atoms with van der Waals surface area (Å²) < 4.78 is 0. The summed E-state index contributed by atoms with van der Waals surface area (Å²) in [7, 11) is 4.12. The predicted octanol–water partition coefficient (Wildman–Crippen LogP) is 4.68. The number of carbonyl (C=O) groups is 1. The van der Waals surface area contributed by atoms with Gasteiger partial charge in [0.15, 0.2) is 0 Å². The summed E-state index contributed by atoms with van der Waals surface area (Å²) in [5.41, 5.74) is 3.73. The summed E-state index contributed by atoms with van der Waals surface area (Å²) in [6.45, 7) is 1.56. The first-order chi connectivity index (χ1) is 13.4. The maximum atomic E-state index is 12.7. The fourth-order valence-electron chi connectivity index (χ4n) is 3.13. The molecule has 147 valence electrons. The maximum Gasteiger partial charge on any atom is 0.247 e. The third-order valence-corrected chi connectivity index (χ3v) is 5.16. The summed E-state index contributed by atoms with van der Waals surface area (Å²) in [5.74, 6) is -0.0152. The Morgan fingerprint density at radius 1 is 1.21 bits per heavy atom. The highest BCUT2D eigenvalue weighted by Gasteiger charge is 2.23. The van der Waals surface area contributed by atoms with E-state index in [4.69, 9.17) is 23.2 Å². The van der Waals surface area contributed by atoms with Crippen molar-refractivity contribution in [1.82, 2.24) is 9.91 Å². The van der Waals surface area contributed by atoms with Gasteiger partial charge in [0.2, 0.25) is 5.91 Å². The summed E-state index contributed by atoms with van der Waals surface area (Å²) in [4.78, 5) is 14.9. The fraction of sp³-hybridized carbons (Fsp3) is 0.318. The molecule has 2 aromatic rings. The minimum absolute atomic E-state index is 0.0152. The molecule has 1 aliphatic heterocycles. The molecule has 1 aliphatic rings. The molecule has 3 rings (SSSR count). The number of hydrazone groups is 1. The van der Waals surface area contributed by atoms with Gasteiger partial charge >= 0.3 is 0 Å². The van der Waals surface area contributed by atoms with Crippen LogP contribution in [0.2, 0.25) is 10.0 Å². The van der Waals surface area contributed by atoms with Crippen LogP contribution >= 0.6 is 23.2 Å². The Hall–Kier alpha value is -1.88. The lowest BCUT2D eigenvalue weighted by Crippen LogP contribution is -2.25. The van der Waals surface area contributed by atoms with Gasteiger partial charge in [0.1, 0.15) is 0 Å². The summed E-state index contributed by atoms with van der Waals surface area (Å²) in [6, 6.07) is 13.4. The molecule has 0 fully saturated rings. The van der Waals surface area contributed by atoms with Crippen molar-refractivity contribution in [1.29, 1.82) is 0 Å². The lowest BCUT2D eigenvalue weighted by molar-refractivity contribution is -0.130.